The molecule has 0 radical (unpaired) electrons. The summed E-state index contributed by atoms with van der Waals surface area (Å²) in [5, 5.41) is 2.55. The summed E-state index contributed by atoms with van der Waals surface area (Å²) in [6.07, 6.45) is 1.95. The molecule has 1 amide bonds. The lowest BCUT2D eigenvalue weighted by molar-refractivity contribution is 0.0948. The van der Waals surface area contributed by atoms with Crippen LogP contribution in [0.15, 0.2) is 12.1 Å². The first-order valence-electron chi connectivity index (χ1n) is 5.37. The van der Waals surface area contributed by atoms with Gasteiger partial charge in [-0.1, -0.05) is 6.92 Å². The van der Waals surface area contributed by atoms with Gasteiger partial charge in [-0.2, -0.15) is 11.8 Å². The zero-order valence-electron chi connectivity index (χ0n) is 10.1. The standard InChI is InChI=1S/C12H14F3NOS/c1-7(6-18-2)5-16-12(17)8-3-9(13)11(15)10(14)4-8/h3-4,7H,5-6H2,1-2H3,(H,16,17). The van der Waals surface area contributed by atoms with Crippen molar-refractivity contribution >= 4 is 17.7 Å². The average Bonchev–Trinajstić information content (AvgIpc) is 2.32. The summed E-state index contributed by atoms with van der Waals surface area (Å²) < 4.78 is 38.5. The molecular weight excluding hydrogens is 263 g/mol. The van der Waals surface area contributed by atoms with E-state index in [1.807, 2.05) is 13.2 Å². The predicted molar refractivity (Wildman–Crippen MR) is 66.2 cm³/mol. The molecule has 1 rings (SSSR count). The van der Waals surface area contributed by atoms with E-state index in [9.17, 15) is 18.0 Å². The summed E-state index contributed by atoms with van der Waals surface area (Å²) >= 11 is 1.64. The fourth-order valence-corrected chi connectivity index (χ4v) is 2.09. The van der Waals surface area contributed by atoms with Crippen LogP contribution in [0.1, 0.15) is 17.3 Å². The smallest absolute Gasteiger partial charge is 0.251 e. The number of hydrogen-bond donors (Lipinski definition) is 1. The molecule has 0 saturated heterocycles. The highest BCUT2D eigenvalue weighted by Crippen LogP contribution is 2.13. The minimum atomic E-state index is -1.57. The Hall–Kier alpha value is -1.17. The van der Waals surface area contributed by atoms with Gasteiger partial charge in [-0.25, -0.2) is 13.2 Å². The van der Waals surface area contributed by atoms with Crippen LogP contribution in [0.3, 0.4) is 0 Å². The number of halogens is 3. The molecule has 1 N–H and O–H groups in total. The van der Waals surface area contributed by atoms with E-state index < -0.39 is 23.4 Å². The van der Waals surface area contributed by atoms with Crippen molar-refractivity contribution in [2.75, 3.05) is 18.6 Å². The summed E-state index contributed by atoms with van der Waals surface area (Å²) in [4.78, 5) is 11.6. The summed E-state index contributed by atoms with van der Waals surface area (Å²) in [7, 11) is 0. The fraction of sp³-hybridized carbons (Fsp3) is 0.417. The lowest BCUT2D eigenvalue weighted by atomic mass is 10.1. The zero-order valence-corrected chi connectivity index (χ0v) is 10.9. The van der Waals surface area contributed by atoms with Gasteiger partial charge in [0.15, 0.2) is 17.5 Å². The van der Waals surface area contributed by atoms with Crippen molar-refractivity contribution in [3.05, 3.63) is 35.1 Å². The van der Waals surface area contributed by atoms with Crippen molar-refractivity contribution in [2.45, 2.75) is 6.92 Å². The molecule has 0 aromatic heterocycles. The zero-order chi connectivity index (χ0) is 13.7. The van der Waals surface area contributed by atoms with Gasteiger partial charge < -0.3 is 5.32 Å². The summed E-state index contributed by atoms with van der Waals surface area (Å²) in [6.45, 7) is 2.35. The predicted octanol–water partition coefficient (Wildman–Crippen LogP) is 2.83. The Labute approximate surface area is 108 Å². The van der Waals surface area contributed by atoms with Gasteiger partial charge in [0.25, 0.3) is 5.91 Å². The number of rotatable bonds is 5. The minimum absolute atomic E-state index is 0.220. The highest BCUT2D eigenvalue weighted by atomic mass is 32.2. The molecule has 1 atom stereocenters. The Balaban J connectivity index is 2.67. The molecule has 6 heteroatoms. The van der Waals surface area contributed by atoms with E-state index in [-0.39, 0.29) is 11.5 Å². The summed E-state index contributed by atoms with van der Waals surface area (Å²) in [6, 6.07) is 1.37. The third-order valence-electron chi connectivity index (χ3n) is 2.31. The third-order valence-corrected chi connectivity index (χ3v) is 3.21. The quantitative estimate of drug-likeness (QED) is 0.839. The van der Waals surface area contributed by atoms with Gasteiger partial charge in [-0.05, 0) is 30.1 Å². The topological polar surface area (TPSA) is 29.1 Å². The Morgan fingerprint density at radius 2 is 1.89 bits per heavy atom. The van der Waals surface area contributed by atoms with Gasteiger partial charge in [0.1, 0.15) is 0 Å². The molecule has 18 heavy (non-hydrogen) atoms. The molecule has 0 heterocycles. The van der Waals surface area contributed by atoms with E-state index in [2.05, 4.69) is 5.32 Å². The number of nitrogens with one attached hydrogen (secondary N) is 1. The van der Waals surface area contributed by atoms with Crippen LogP contribution in [-0.4, -0.2) is 24.5 Å². The number of carbonyl (C=O) groups excluding carboxylic acids is 1. The van der Waals surface area contributed by atoms with Crippen LogP contribution in [0.2, 0.25) is 0 Å². The lowest BCUT2D eigenvalue weighted by Gasteiger charge is -2.11. The van der Waals surface area contributed by atoms with Crippen LogP contribution in [0.25, 0.3) is 0 Å². The van der Waals surface area contributed by atoms with Crippen molar-refractivity contribution in [1.82, 2.24) is 5.32 Å². The summed E-state index contributed by atoms with van der Waals surface area (Å²) in [5.74, 6) is -3.79. The summed E-state index contributed by atoms with van der Waals surface area (Å²) in [5.41, 5.74) is -0.220. The molecule has 0 spiro atoms. The van der Waals surface area contributed by atoms with Crippen LogP contribution in [0.5, 0.6) is 0 Å². The highest BCUT2D eigenvalue weighted by Gasteiger charge is 2.15. The Kier molecular flexibility index (Phi) is 5.53. The Morgan fingerprint density at radius 1 is 1.33 bits per heavy atom. The first kappa shape index (κ1) is 14.9. The lowest BCUT2D eigenvalue weighted by Crippen LogP contribution is -2.29. The molecule has 1 unspecified atom stereocenters. The van der Waals surface area contributed by atoms with Crippen molar-refractivity contribution in [3.63, 3.8) is 0 Å². The minimum Gasteiger partial charge on any atom is -0.352 e. The van der Waals surface area contributed by atoms with Crippen LogP contribution < -0.4 is 5.32 Å². The first-order chi connectivity index (χ1) is 8.45. The second kappa shape index (κ2) is 6.68. The maximum atomic E-state index is 12.9. The average molecular weight is 277 g/mol. The van der Waals surface area contributed by atoms with Gasteiger partial charge in [-0.3, -0.25) is 4.79 Å². The van der Waals surface area contributed by atoms with E-state index in [4.69, 9.17) is 0 Å². The van der Waals surface area contributed by atoms with E-state index in [1.165, 1.54) is 0 Å². The van der Waals surface area contributed by atoms with Crippen molar-refractivity contribution in [1.29, 1.82) is 0 Å². The van der Waals surface area contributed by atoms with Crippen molar-refractivity contribution in [2.24, 2.45) is 5.92 Å². The number of carbonyl (C=O) groups is 1. The molecule has 0 aliphatic heterocycles. The van der Waals surface area contributed by atoms with Crippen LogP contribution >= 0.6 is 11.8 Å². The number of hydrogen-bond acceptors (Lipinski definition) is 2. The Bertz CT molecular complexity index is 416. The number of amides is 1. The van der Waals surface area contributed by atoms with Gasteiger partial charge in [-0.15, -0.1) is 0 Å². The molecule has 0 bridgehead atoms. The maximum absolute atomic E-state index is 12.9. The molecular formula is C12H14F3NOS. The fourth-order valence-electron chi connectivity index (χ4n) is 1.40. The van der Waals surface area contributed by atoms with Gasteiger partial charge in [0.2, 0.25) is 0 Å². The van der Waals surface area contributed by atoms with Gasteiger partial charge in [0, 0.05) is 12.1 Å². The molecule has 1 aromatic rings. The number of thioether (sulfide) groups is 1. The third kappa shape index (κ3) is 3.94. The second-order valence-corrected chi connectivity index (χ2v) is 4.94. The van der Waals surface area contributed by atoms with Crippen LogP contribution in [0, 0.1) is 23.4 Å². The molecule has 0 aliphatic carbocycles. The van der Waals surface area contributed by atoms with E-state index >= 15 is 0 Å². The van der Waals surface area contributed by atoms with Crippen LogP contribution in [0.4, 0.5) is 13.2 Å². The van der Waals surface area contributed by atoms with E-state index in [1.54, 1.807) is 11.8 Å². The van der Waals surface area contributed by atoms with E-state index in [0.29, 0.717) is 18.7 Å². The second-order valence-electron chi connectivity index (χ2n) is 4.02. The molecule has 1 aromatic carbocycles. The molecule has 0 saturated carbocycles. The number of benzene rings is 1. The SMILES string of the molecule is CSCC(C)CNC(=O)c1cc(F)c(F)c(F)c1. The Morgan fingerprint density at radius 3 is 2.39 bits per heavy atom. The van der Waals surface area contributed by atoms with Crippen LogP contribution in [-0.2, 0) is 0 Å². The van der Waals surface area contributed by atoms with E-state index in [0.717, 1.165) is 5.75 Å². The first-order valence-corrected chi connectivity index (χ1v) is 6.76. The van der Waals surface area contributed by atoms with Gasteiger partial charge >= 0.3 is 0 Å². The largest absolute Gasteiger partial charge is 0.352 e. The molecule has 0 aliphatic rings. The molecule has 0 fully saturated rings. The molecule has 100 valence electrons. The monoisotopic (exact) mass is 277 g/mol. The van der Waals surface area contributed by atoms with Crippen molar-refractivity contribution in [3.8, 4) is 0 Å². The normalized spacial score (nSPS) is 12.3. The van der Waals surface area contributed by atoms with Crippen molar-refractivity contribution < 1.29 is 18.0 Å². The highest BCUT2D eigenvalue weighted by molar-refractivity contribution is 7.98. The van der Waals surface area contributed by atoms with Gasteiger partial charge in [0.05, 0.1) is 0 Å². The molecule has 2 nitrogen and oxygen atoms in total. The maximum Gasteiger partial charge on any atom is 0.251 e.